The van der Waals surface area contributed by atoms with Crippen molar-refractivity contribution < 1.29 is 66.5 Å². The fourth-order valence-corrected chi connectivity index (χ4v) is 8.12. The molecule has 236 valence electrons. The van der Waals surface area contributed by atoms with Crippen LogP contribution in [0.2, 0.25) is 0 Å². The lowest BCUT2D eigenvalue weighted by atomic mass is 10.1. The van der Waals surface area contributed by atoms with Crippen LogP contribution >= 0.6 is 37.5 Å². The maximum absolute atomic E-state index is 11.3. The molecule has 0 fully saturated rings. The summed E-state index contributed by atoms with van der Waals surface area (Å²) in [5.41, 5.74) is 1.43. The van der Waals surface area contributed by atoms with Gasteiger partial charge < -0.3 is 39.1 Å². The summed E-state index contributed by atoms with van der Waals surface area (Å²) in [6, 6.07) is 13.1. The van der Waals surface area contributed by atoms with Crippen LogP contribution in [-0.4, -0.2) is 87.2 Å². The van der Waals surface area contributed by atoms with Gasteiger partial charge in [-0.1, -0.05) is 24.3 Å². The van der Waals surface area contributed by atoms with Crippen LogP contribution in [0, 0.1) is 0 Å². The Balaban J connectivity index is 1.88. The van der Waals surface area contributed by atoms with Gasteiger partial charge in [-0.3, -0.25) is 28.1 Å². The molecule has 0 aromatic heterocycles. The average molecular weight is 711 g/mol. The molecule has 0 bridgehead atoms. The Kier molecular flexibility index (Phi) is 14.1. The van der Waals surface area contributed by atoms with E-state index in [1.165, 1.54) is 0 Å². The quantitative estimate of drug-likeness (QED) is 0.103. The molecular formula is C20H32N2O14P5S+. The molecule has 0 aliphatic carbocycles. The molecule has 2 aromatic carbocycles. The van der Waals surface area contributed by atoms with E-state index in [9.17, 15) is 18.3 Å². The van der Waals surface area contributed by atoms with E-state index in [2.05, 4.69) is 0 Å². The van der Waals surface area contributed by atoms with Gasteiger partial charge in [-0.15, -0.1) is 0 Å². The van der Waals surface area contributed by atoms with Gasteiger partial charge in [-0.2, -0.15) is 0 Å². The standard InChI is InChI=1S/C20H31N2O14P5S/c23-38(24,25)13-21(14-39(26,27)28)11-9-17-1-5-19(6-2-17)35-37(42)36-20-7-3-18(4-8-20)10-12-22(15-40(29,30)31)16-41(32,33)34/h1-8H,9-16H2,(H7-,23,24,25,26,27,28,29,30,31,32,33,34)/p+1. The second-order valence-corrected chi connectivity index (χ2v) is 17.4. The Bertz CT molecular complexity index is 1220. The first-order valence-electron chi connectivity index (χ1n) is 11.8. The van der Waals surface area contributed by atoms with Gasteiger partial charge in [0.2, 0.25) is 0 Å². The average Bonchev–Trinajstić information content (AvgIpc) is 2.79. The highest BCUT2D eigenvalue weighted by molar-refractivity contribution is 8.01. The summed E-state index contributed by atoms with van der Waals surface area (Å²) in [7, 11) is -19.9. The highest BCUT2D eigenvalue weighted by Crippen LogP contribution is 2.42. The minimum Gasteiger partial charge on any atom is -0.324 e. The minimum atomic E-state index is -4.52. The first-order valence-corrected chi connectivity index (χ1v) is 21.2. The topological polar surface area (TPSA) is 255 Å². The SMILES string of the molecule is O=P(O)(O)CN(CCc1ccc(O[P+](=S)Oc2ccc(CCN(CP(=O)(O)O)CP(=O)(O)O)cc2)cc1)CP(=O)(O)O. The summed E-state index contributed by atoms with van der Waals surface area (Å²) in [4.78, 5) is 75.3. The zero-order valence-electron chi connectivity index (χ0n) is 21.8. The highest BCUT2D eigenvalue weighted by Gasteiger charge is 2.27. The summed E-state index contributed by atoms with van der Waals surface area (Å²) in [5.74, 6) is 0.767. The molecule has 0 heterocycles. The number of hydrogen-bond donors (Lipinski definition) is 8. The molecule has 0 spiro atoms. The smallest absolute Gasteiger partial charge is 0.324 e. The fourth-order valence-electron chi connectivity index (χ4n) is 3.61. The molecule has 0 saturated carbocycles. The number of hydrogen-bond acceptors (Lipinski definition) is 9. The van der Waals surface area contributed by atoms with Gasteiger partial charge in [0.05, 0.1) is 0 Å². The summed E-state index contributed by atoms with van der Waals surface area (Å²) >= 11 is 5.25. The molecule has 0 radical (unpaired) electrons. The van der Waals surface area contributed by atoms with Crippen LogP contribution in [0.5, 0.6) is 11.5 Å². The van der Waals surface area contributed by atoms with Crippen molar-refractivity contribution in [1.82, 2.24) is 9.80 Å². The summed E-state index contributed by atoms with van der Waals surface area (Å²) < 4.78 is 56.4. The van der Waals surface area contributed by atoms with Crippen LogP contribution in [0.25, 0.3) is 0 Å². The van der Waals surface area contributed by atoms with E-state index in [1.807, 2.05) is 0 Å². The third kappa shape index (κ3) is 17.4. The van der Waals surface area contributed by atoms with Gasteiger partial charge in [-0.25, -0.2) is 9.05 Å². The zero-order chi connectivity index (χ0) is 31.8. The van der Waals surface area contributed by atoms with E-state index >= 15 is 0 Å². The molecule has 8 N–H and O–H groups in total. The van der Waals surface area contributed by atoms with Crippen LogP contribution in [0.1, 0.15) is 11.1 Å². The second-order valence-electron chi connectivity index (χ2n) is 9.21. The van der Waals surface area contributed by atoms with Crippen molar-refractivity contribution >= 4 is 49.3 Å². The molecule has 0 aliphatic rings. The van der Waals surface area contributed by atoms with E-state index in [1.54, 1.807) is 48.5 Å². The predicted octanol–water partition coefficient (Wildman–Crippen LogP) is 2.15. The Morgan fingerprint density at radius 1 is 0.548 bits per heavy atom. The molecule has 42 heavy (non-hydrogen) atoms. The maximum atomic E-state index is 11.3. The number of nitrogens with zero attached hydrogens (tertiary/aromatic N) is 2. The highest BCUT2D eigenvalue weighted by atomic mass is 32.4. The molecule has 0 unspecified atom stereocenters. The van der Waals surface area contributed by atoms with E-state index in [4.69, 9.17) is 60.0 Å². The molecule has 0 amide bonds. The molecule has 2 aromatic rings. The Morgan fingerprint density at radius 3 is 1.05 bits per heavy atom. The first kappa shape index (κ1) is 37.3. The Labute approximate surface area is 247 Å². The maximum Gasteiger partial charge on any atom is 0.626 e. The van der Waals surface area contributed by atoms with Crippen molar-refractivity contribution in [2.45, 2.75) is 12.8 Å². The largest absolute Gasteiger partial charge is 0.626 e. The van der Waals surface area contributed by atoms with Crippen LogP contribution < -0.4 is 9.05 Å². The number of benzene rings is 2. The summed E-state index contributed by atoms with van der Waals surface area (Å²) in [6.07, 6.45) is -2.65. The molecule has 0 saturated heterocycles. The van der Waals surface area contributed by atoms with Crippen molar-refractivity contribution in [1.29, 1.82) is 0 Å². The predicted molar refractivity (Wildman–Crippen MR) is 157 cm³/mol. The zero-order valence-corrected chi connectivity index (χ0v) is 27.1. The van der Waals surface area contributed by atoms with E-state index < -0.39 is 62.7 Å². The number of rotatable bonds is 18. The summed E-state index contributed by atoms with van der Waals surface area (Å²) in [6.45, 7) is -0.0106. The Hall–Kier alpha value is -0.920. The van der Waals surface area contributed by atoms with Crippen LogP contribution in [0.4, 0.5) is 0 Å². The van der Waals surface area contributed by atoms with Gasteiger partial charge in [0.1, 0.15) is 25.1 Å². The van der Waals surface area contributed by atoms with Gasteiger partial charge in [-0.05, 0) is 48.2 Å². The molecule has 0 aliphatic heterocycles. The third-order valence-corrected chi connectivity index (χ3v) is 9.42. The molecule has 0 atom stereocenters. The Morgan fingerprint density at radius 2 is 0.810 bits per heavy atom. The third-order valence-electron chi connectivity index (χ3n) is 5.18. The van der Waals surface area contributed by atoms with E-state index in [-0.39, 0.29) is 25.9 Å². The lowest BCUT2D eigenvalue weighted by Gasteiger charge is -2.22. The summed E-state index contributed by atoms with van der Waals surface area (Å²) in [5, 5.41) is 0. The van der Waals surface area contributed by atoms with Crippen molar-refractivity contribution in [3.05, 3.63) is 59.7 Å². The van der Waals surface area contributed by atoms with Gasteiger partial charge in [0.25, 0.3) is 11.8 Å². The molecule has 22 heteroatoms. The van der Waals surface area contributed by atoms with Crippen molar-refractivity contribution in [3.63, 3.8) is 0 Å². The van der Waals surface area contributed by atoms with Gasteiger partial charge in [0, 0.05) is 13.1 Å². The molecule has 16 nitrogen and oxygen atoms in total. The molecule has 2 rings (SSSR count). The van der Waals surface area contributed by atoms with Crippen molar-refractivity contribution in [3.8, 4) is 11.5 Å². The minimum absolute atomic E-state index is 0.00530. The first-order chi connectivity index (χ1) is 19.2. The van der Waals surface area contributed by atoms with Gasteiger partial charge >= 0.3 is 37.5 Å². The van der Waals surface area contributed by atoms with Crippen LogP contribution in [-0.2, 0) is 42.9 Å². The fraction of sp³-hybridized carbons (Fsp3) is 0.400. The molecular weight excluding hydrogens is 679 g/mol. The van der Waals surface area contributed by atoms with E-state index in [0.717, 1.165) is 9.80 Å². The lowest BCUT2D eigenvalue weighted by Crippen LogP contribution is -2.28. The van der Waals surface area contributed by atoms with E-state index in [0.29, 0.717) is 22.6 Å². The van der Waals surface area contributed by atoms with Crippen LogP contribution in [0.3, 0.4) is 0 Å². The van der Waals surface area contributed by atoms with Crippen LogP contribution in [0.15, 0.2) is 48.5 Å². The van der Waals surface area contributed by atoms with Crippen molar-refractivity contribution in [2.24, 2.45) is 0 Å². The normalized spacial score (nSPS) is 13.0. The van der Waals surface area contributed by atoms with Gasteiger partial charge in [0.15, 0.2) is 11.5 Å². The second kappa shape index (κ2) is 15.9. The lowest BCUT2D eigenvalue weighted by molar-refractivity contribution is 0.277. The van der Waals surface area contributed by atoms with Crippen molar-refractivity contribution in [2.75, 3.05) is 38.2 Å². The monoisotopic (exact) mass is 711 g/mol.